The molecule has 0 aromatic rings. The van der Waals surface area contributed by atoms with Gasteiger partial charge in [0.2, 0.25) is 0 Å². The van der Waals surface area contributed by atoms with E-state index in [1.165, 1.54) is 0 Å². The molecule has 1 saturated carbocycles. The summed E-state index contributed by atoms with van der Waals surface area (Å²) in [6, 6.07) is 0. The monoisotopic (exact) mass is 264 g/mol. The molecule has 1 atom stereocenters. The van der Waals surface area contributed by atoms with Gasteiger partial charge in [-0.1, -0.05) is 32.3 Å². The predicted octanol–water partition coefficient (Wildman–Crippen LogP) is 3.42. The van der Waals surface area contributed by atoms with Crippen molar-refractivity contribution in [3.63, 3.8) is 0 Å². The van der Waals surface area contributed by atoms with Gasteiger partial charge in [-0.25, -0.2) is 0 Å². The van der Waals surface area contributed by atoms with E-state index >= 15 is 0 Å². The van der Waals surface area contributed by atoms with E-state index in [4.69, 9.17) is 4.74 Å². The number of ketones is 1. The van der Waals surface area contributed by atoms with Gasteiger partial charge in [0.25, 0.3) is 0 Å². The van der Waals surface area contributed by atoms with Crippen LogP contribution in [0.5, 0.6) is 0 Å². The van der Waals surface area contributed by atoms with Crippen molar-refractivity contribution >= 4 is 11.8 Å². The molecular formula is C16H24O3. The van der Waals surface area contributed by atoms with E-state index in [9.17, 15) is 9.59 Å². The fraction of sp³-hybridized carbons (Fsp3) is 0.750. The van der Waals surface area contributed by atoms with Crippen molar-refractivity contribution in [1.82, 2.24) is 0 Å². The van der Waals surface area contributed by atoms with Crippen LogP contribution in [-0.4, -0.2) is 17.9 Å². The number of hydrogen-bond acceptors (Lipinski definition) is 3. The topological polar surface area (TPSA) is 43.4 Å². The third-order valence-electron chi connectivity index (χ3n) is 4.88. The quantitative estimate of drug-likeness (QED) is 0.718. The molecule has 3 heteroatoms. The van der Waals surface area contributed by atoms with E-state index < -0.39 is 6.10 Å². The Bertz CT molecular complexity index is 425. The molecule has 0 N–H and O–H groups in total. The molecule has 0 aromatic carbocycles. The maximum absolute atomic E-state index is 12.2. The van der Waals surface area contributed by atoms with E-state index in [1.807, 2.05) is 13.8 Å². The number of allylic oxidation sites excluding steroid dienone is 1. The summed E-state index contributed by atoms with van der Waals surface area (Å²) in [5.41, 5.74) is 1.81. The molecule has 0 radical (unpaired) electrons. The van der Waals surface area contributed by atoms with E-state index in [1.54, 1.807) is 0 Å². The first-order chi connectivity index (χ1) is 8.83. The summed E-state index contributed by atoms with van der Waals surface area (Å²) < 4.78 is 5.52. The Balaban J connectivity index is 2.09. The van der Waals surface area contributed by atoms with Gasteiger partial charge in [0.15, 0.2) is 11.9 Å². The van der Waals surface area contributed by atoms with Crippen LogP contribution in [0, 0.1) is 11.3 Å². The molecule has 2 rings (SSSR count). The SMILES string of the molecule is CC1=C(C)C(C)(C)CC(OC(=O)C2CCCC2)C1=O. The predicted molar refractivity (Wildman–Crippen MR) is 73.6 cm³/mol. The average molecular weight is 264 g/mol. The second-order valence-corrected chi connectivity index (χ2v) is 6.61. The molecular weight excluding hydrogens is 240 g/mol. The molecule has 0 aromatic heterocycles. The Labute approximate surface area is 115 Å². The number of carbonyl (C=O) groups is 2. The van der Waals surface area contributed by atoms with Crippen LogP contribution in [-0.2, 0) is 14.3 Å². The zero-order valence-electron chi connectivity index (χ0n) is 12.4. The number of esters is 1. The zero-order valence-corrected chi connectivity index (χ0v) is 12.4. The second kappa shape index (κ2) is 5.10. The summed E-state index contributed by atoms with van der Waals surface area (Å²) in [5, 5.41) is 0. The maximum Gasteiger partial charge on any atom is 0.309 e. The van der Waals surface area contributed by atoms with Crippen molar-refractivity contribution in [2.75, 3.05) is 0 Å². The fourth-order valence-corrected chi connectivity index (χ4v) is 3.14. The van der Waals surface area contributed by atoms with Crippen LogP contribution in [0.1, 0.15) is 59.8 Å². The number of Topliss-reactive ketones (excluding diaryl/α,β-unsaturated/α-hetero) is 1. The minimum Gasteiger partial charge on any atom is -0.454 e. The first-order valence-electron chi connectivity index (χ1n) is 7.25. The number of rotatable bonds is 2. The van der Waals surface area contributed by atoms with E-state index in [0.717, 1.165) is 36.8 Å². The van der Waals surface area contributed by atoms with Crippen LogP contribution in [0.2, 0.25) is 0 Å². The lowest BCUT2D eigenvalue weighted by Crippen LogP contribution is -2.39. The Hall–Kier alpha value is -1.12. The number of hydrogen-bond donors (Lipinski definition) is 0. The van der Waals surface area contributed by atoms with Crippen LogP contribution in [0.3, 0.4) is 0 Å². The van der Waals surface area contributed by atoms with Crippen LogP contribution in [0.25, 0.3) is 0 Å². The Morgan fingerprint density at radius 3 is 2.37 bits per heavy atom. The number of ether oxygens (including phenoxy) is 1. The van der Waals surface area contributed by atoms with E-state index in [-0.39, 0.29) is 23.1 Å². The third-order valence-corrected chi connectivity index (χ3v) is 4.88. The van der Waals surface area contributed by atoms with Gasteiger partial charge in [0, 0.05) is 6.42 Å². The lowest BCUT2D eigenvalue weighted by atomic mass is 9.72. The smallest absolute Gasteiger partial charge is 0.309 e. The largest absolute Gasteiger partial charge is 0.454 e. The molecule has 2 aliphatic carbocycles. The standard InChI is InChI=1S/C16H24O3/c1-10-11(2)16(3,4)9-13(14(10)17)19-15(18)12-7-5-6-8-12/h12-13H,5-9H2,1-4H3. The highest BCUT2D eigenvalue weighted by Gasteiger charge is 2.39. The van der Waals surface area contributed by atoms with Crippen molar-refractivity contribution in [3.8, 4) is 0 Å². The zero-order chi connectivity index (χ0) is 14.2. The van der Waals surface area contributed by atoms with Crippen LogP contribution >= 0.6 is 0 Å². The lowest BCUT2D eigenvalue weighted by molar-refractivity contribution is -0.160. The van der Waals surface area contributed by atoms with Crippen molar-refractivity contribution in [2.24, 2.45) is 11.3 Å². The lowest BCUT2D eigenvalue weighted by Gasteiger charge is -2.36. The summed E-state index contributed by atoms with van der Waals surface area (Å²) in [7, 11) is 0. The molecule has 0 heterocycles. The first-order valence-corrected chi connectivity index (χ1v) is 7.25. The van der Waals surface area contributed by atoms with Crippen LogP contribution in [0.4, 0.5) is 0 Å². The summed E-state index contributed by atoms with van der Waals surface area (Å²) in [6.45, 7) is 8.06. The average Bonchev–Trinajstić information content (AvgIpc) is 2.87. The summed E-state index contributed by atoms with van der Waals surface area (Å²) in [5.74, 6) is -0.162. The molecule has 3 nitrogen and oxygen atoms in total. The molecule has 0 saturated heterocycles. The highest BCUT2D eigenvalue weighted by Crippen LogP contribution is 2.40. The summed E-state index contributed by atoms with van der Waals surface area (Å²) in [4.78, 5) is 24.3. The molecule has 0 amide bonds. The molecule has 19 heavy (non-hydrogen) atoms. The molecule has 106 valence electrons. The van der Waals surface area contributed by atoms with E-state index in [2.05, 4.69) is 13.8 Å². The molecule has 1 fully saturated rings. The van der Waals surface area contributed by atoms with Gasteiger partial charge in [-0.15, -0.1) is 0 Å². The minimum absolute atomic E-state index is 0.0110. The van der Waals surface area contributed by atoms with Crippen LogP contribution < -0.4 is 0 Å². The maximum atomic E-state index is 12.2. The highest BCUT2D eigenvalue weighted by atomic mass is 16.5. The van der Waals surface area contributed by atoms with Gasteiger partial charge in [0.1, 0.15) is 0 Å². The number of carbonyl (C=O) groups excluding carboxylic acids is 2. The van der Waals surface area contributed by atoms with E-state index in [0.29, 0.717) is 6.42 Å². The van der Waals surface area contributed by atoms with Gasteiger partial charge in [-0.3, -0.25) is 9.59 Å². The summed E-state index contributed by atoms with van der Waals surface area (Å²) >= 11 is 0. The normalized spacial score (nSPS) is 27.8. The minimum atomic E-state index is -0.577. The second-order valence-electron chi connectivity index (χ2n) is 6.61. The Kier molecular flexibility index (Phi) is 3.84. The highest BCUT2D eigenvalue weighted by molar-refractivity contribution is 6.01. The van der Waals surface area contributed by atoms with Gasteiger partial charge in [0.05, 0.1) is 5.92 Å². The van der Waals surface area contributed by atoms with Gasteiger partial charge >= 0.3 is 5.97 Å². The molecule has 1 unspecified atom stereocenters. The van der Waals surface area contributed by atoms with Gasteiger partial charge in [-0.05, 0) is 37.7 Å². The summed E-state index contributed by atoms with van der Waals surface area (Å²) in [6.07, 6.45) is 4.05. The van der Waals surface area contributed by atoms with Gasteiger partial charge < -0.3 is 4.74 Å². The van der Waals surface area contributed by atoms with Crippen molar-refractivity contribution in [3.05, 3.63) is 11.1 Å². The molecule has 0 aliphatic heterocycles. The fourth-order valence-electron chi connectivity index (χ4n) is 3.14. The molecule has 0 spiro atoms. The van der Waals surface area contributed by atoms with Crippen molar-refractivity contribution < 1.29 is 14.3 Å². The third kappa shape index (κ3) is 2.75. The van der Waals surface area contributed by atoms with Crippen molar-refractivity contribution in [2.45, 2.75) is 65.9 Å². The first kappa shape index (κ1) is 14.3. The van der Waals surface area contributed by atoms with Crippen molar-refractivity contribution in [1.29, 1.82) is 0 Å². The Morgan fingerprint density at radius 2 is 1.79 bits per heavy atom. The van der Waals surface area contributed by atoms with Gasteiger partial charge in [-0.2, -0.15) is 0 Å². The molecule has 0 bridgehead atoms. The molecule has 2 aliphatic rings. The van der Waals surface area contributed by atoms with Crippen LogP contribution in [0.15, 0.2) is 11.1 Å². The Morgan fingerprint density at radius 1 is 1.21 bits per heavy atom.